The Bertz CT molecular complexity index is 206. The van der Waals surface area contributed by atoms with Crippen molar-refractivity contribution in [3.8, 4) is 0 Å². The van der Waals surface area contributed by atoms with E-state index in [4.69, 9.17) is 5.11 Å². The summed E-state index contributed by atoms with van der Waals surface area (Å²) in [7, 11) is 1.81. The van der Waals surface area contributed by atoms with Crippen molar-refractivity contribution in [2.24, 2.45) is 0 Å². The van der Waals surface area contributed by atoms with E-state index in [0.717, 1.165) is 13.0 Å². The zero-order valence-electron chi connectivity index (χ0n) is 10.1. The molecule has 4 nitrogen and oxygen atoms in total. The molecular formula is C11H23ClN2O2. The highest BCUT2D eigenvalue weighted by molar-refractivity contribution is 5.85. The first-order valence-corrected chi connectivity index (χ1v) is 5.75. The maximum Gasteiger partial charge on any atom is 0.223 e. The zero-order chi connectivity index (χ0) is 11.3. The van der Waals surface area contributed by atoms with Crippen LogP contribution in [0.3, 0.4) is 0 Å². The standard InChI is InChI=1S/C11H22N2O2.ClH/c1-9(14)5-7-13(2)11(15)8-10-4-3-6-12-10;/h9-10,12,14H,3-8H2,1-2H3;1H. The normalized spacial score (nSPS) is 21.3. The lowest BCUT2D eigenvalue weighted by Crippen LogP contribution is -2.34. The van der Waals surface area contributed by atoms with Crippen molar-refractivity contribution in [3.63, 3.8) is 0 Å². The van der Waals surface area contributed by atoms with Gasteiger partial charge in [0.05, 0.1) is 6.10 Å². The second-order valence-corrected chi connectivity index (χ2v) is 4.45. The summed E-state index contributed by atoms with van der Waals surface area (Å²) in [5, 5.41) is 12.4. The van der Waals surface area contributed by atoms with E-state index in [1.807, 2.05) is 0 Å². The van der Waals surface area contributed by atoms with Gasteiger partial charge in [-0.05, 0) is 32.7 Å². The van der Waals surface area contributed by atoms with Crippen LogP contribution < -0.4 is 5.32 Å². The molecule has 0 aromatic heterocycles. The van der Waals surface area contributed by atoms with Crippen LogP contribution in [0.5, 0.6) is 0 Å². The smallest absolute Gasteiger partial charge is 0.223 e. The SMILES string of the molecule is CC(O)CCN(C)C(=O)CC1CCCN1.Cl. The molecule has 1 rings (SSSR count). The maximum absolute atomic E-state index is 11.7. The minimum absolute atomic E-state index is 0. The van der Waals surface area contributed by atoms with Crippen LogP contribution >= 0.6 is 12.4 Å². The highest BCUT2D eigenvalue weighted by Crippen LogP contribution is 2.10. The topological polar surface area (TPSA) is 52.6 Å². The molecule has 0 spiro atoms. The molecule has 2 N–H and O–H groups in total. The summed E-state index contributed by atoms with van der Waals surface area (Å²) >= 11 is 0. The fourth-order valence-electron chi connectivity index (χ4n) is 1.80. The van der Waals surface area contributed by atoms with Gasteiger partial charge in [-0.15, -0.1) is 12.4 Å². The van der Waals surface area contributed by atoms with Crippen molar-refractivity contribution in [2.45, 2.75) is 44.8 Å². The van der Waals surface area contributed by atoms with Gasteiger partial charge in [0.25, 0.3) is 0 Å². The van der Waals surface area contributed by atoms with Crippen LogP contribution in [0, 0.1) is 0 Å². The molecule has 1 aliphatic heterocycles. The fourth-order valence-corrected chi connectivity index (χ4v) is 1.80. The summed E-state index contributed by atoms with van der Waals surface area (Å²) in [5.41, 5.74) is 0. The fraction of sp³-hybridized carbons (Fsp3) is 0.909. The lowest BCUT2D eigenvalue weighted by molar-refractivity contribution is -0.130. The molecule has 2 atom stereocenters. The van der Waals surface area contributed by atoms with Gasteiger partial charge in [0.2, 0.25) is 5.91 Å². The molecule has 1 saturated heterocycles. The number of rotatable bonds is 5. The van der Waals surface area contributed by atoms with E-state index >= 15 is 0 Å². The molecule has 5 heteroatoms. The van der Waals surface area contributed by atoms with E-state index in [0.29, 0.717) is 25.4 Å². The van der Waals surface area contributed by atoms with Crippen LogP contribution in [0.1, 0.15) is 32.6 Å². The number of carbonyl (C=O) groups is 1. The molecule has 96 valence electrons. The summed E-state index contributed by atoms with van der Waals surface area (Å²) in [6.45, 7) is 3.43. The number of amides is 1. The van der Waals surface area contributed by atoms with Gasteiger partial charge in [-0.1, -0.05) is 0 Å². The minimum atomic E-state index is -0.329. The first kappa shape index (κ1) is 15.7. The van der Waals surface area contributed by atoms with Crippen LogP contribution in [0.4, 0.5) is 0 Å². The maximum atomic E-state index is 11.7. The number of hydrogen-bond acceptors (Lipinski definition) is 3. The summed E-state index contributed by atoms with van der Waals surface area (Å²) in [6.07, 6.45) is 3.20. The predicted molar refractivity (Wildman–Crippen MR) is 66.8 cm³/mol. The second kappa shape index (κ2) is 7.87. The molecule has 0 aliphatic carbocycles. The van der Waals surface area contributed by atoms with E-state index in [-0.39, 0.29) is 24.4 Å². The molecule has 0 aromatic carbocycles. The van der Waals surface area contributed by atoms with Crippen LogP contribution in [-0.4, -0.2) is 48.2 Å². The van der Waals surface area contributed by atoms with Gasteiger partial charge in [0, 0.05) is 26.1 Å². The Morgan fingerprint density at radius 3 is 2.81 bits per heavy atom. The highest BCUT2D eigenvalue weighted by Gasteiger charge is 2.19. The molecule has 1 aliphatic rings. The third kappa shape index (κ3) is 5.68. The first-order chi connectivity index (χ1) is 7.09. The van der Waals surface area contributed by atoms with Gasteiger partial charge in [0.1, 0.15) is 0 Å². The molecule has 0 radical (unpaired) electrons. The van der Waals surface area contributed by atoms with Crippen molar-refractivity contribution in [3.05, 3.63) is 0 Å². The quantitative estimate of drug-likeness (QED) is 0.758. The van der Waals surface area contributed by atoms with Gasteiger partial charge in [-0.2, -0.15) is 0 Å². The second-order valence-electron chi connectivity index (χ2n) is 4.45. The third-order valence-electron chi connectivity index (χ3n) is 2.89. The van der Waals surface area contributed by atoms with E-state index in [1.54, 1.807) is 18.9 Å². The Morgan fingerprint density at radius 2 is 2.31 bits per heavy atom. The van der Waals surface area contributed by atoms with Crippen LogP contribution in [0.25, 0.3) is 0 Å². The van der Waals surface area contributed by atoms with Crippen LogP contribution in [0.2, 0.25) is 0 Å². The average Bonchev–Trinajstić information content (AvgIpc) is 2.66. The Kier molecular flexibility index (Phi) is 7.72. The Morgan fingerprint density at radius 1 is 1.62 bits per heavy atom. The lowest BCUT2D eigenvalue weighted by atomic mass is 10.1. The molecule has 0 bridgehead atoms. The van der Waals surface area contributed by atoms with Gasteiger partial charge in [-0.3, -0.25) is 4.79 Å². The molecule has 1 heterocycles. The number of halogens is 1. The van der Waals surface area contributed by atoms with Crippen molar-refractivity contribution in [2.75, 3.05) is 20.1 Å². The molecule has 2 unspecified atom stereocenters. The minimum Gasteiger partial charge on any atom is -0.393 e. The molecule has 16 heavy (non-hydrogen) atoms. The van der Waals surface area contributed by atoms with Gasteiger partial charge in [0.15, 0.2) is 0 Å². The van der Waals surface area contributed by atoms with Crippen molar-refractivity contribution in [1.29, 1.82) is 0 Å². The lowest BCUT2D eigenvalue weighted by Gasteiger charge is -2.20. The Hall–Kier alpha value is -0.320. The summed E-state index contributed by atoms with van der Waals surface area (Å²) in [6, 6.07) is 0.367. The number of aliphatic hydroxyl groups excluding tert-OH is 1. The van der Waals surface area contributed by atoms with Crippen molar-refractivity contribution in [1.82, 2.24) is 10.2 Å². The van der Waals surface area contributed by atoms with Crippen LogP contribution in [-0.2, 0) is 4.79 Å². The third-order valence-corrected chi connectivity index (χ3v) is 2.89. The van der Waals surface area contributed by atoms with Crippen molar-refractivity contribution < 1.29 is 9.90 Å². The van der Waals surface area contributed by atoms with Gasteiger partial charge >= 0.3 is 0 Å². The molecule has 0 aromatic rings. The number of nitrogens with one attached hydrogen (secondary N) is 1. The zero-order valence-corrected chi connectivity index (χ0v) is 10.9. The summed E-state index contributed by atoms with van der Waals surface area (Å²) in [5.74, 6) is 0.176. The largest absolute Gasteiger partial charge is 0.393 e. The predicted octanol–water partition coefficient (Wildman–Crippen LogP) is 0.780. The molecule has 1 amide bonds. The number of carbonyl (C=O) groups excluding carboxylic acids is 1. The number of nitrogens with zero attached hydrogens (tertiary/aromatic N) is 1. The molecule has 0 saturated carbocycles. The van der Waals surface area contributed by atoms with E-state index in [2.05, 4.69) is 5.32 Å². The van der Waals surface area contributed by atoms with Crippen LogP contribution in [0.15, 0.2) is 0 Å². The van der Waals surface area contributed by atoms with Crippen molar-refractivity contribution >= 4 is 18.3 Å². The Balaban J connectivity index is 0.00000225. The Labute approximate surface area is 104 Å². The van der Waals surface area contributed by atoms with Gasteiger partial charge in [-0.25, -0.2) is 0 Å². The summed E-state index contributed by atoms with van der Waals surface area (Å²) in [4.78, 5) is 13.4. The monoisotopic (exact) mass is 250 g/mol. The van der Waals surface area contributed by atoms with E-state index in [1.165, 1.54) is 6.42 Å². The molecule has 1 fully saturated rings. The van der Waals surface area contributed by atoms with Gasteiger partial charge < -0.3 is 15.3 Å². The van der Waals surface area contributed by atoms with E-state index in [9.17, 15) is 4.79 Å². The summed E-state index contributed by atoms with van der Waals surface area (Å²) < 4.78 is 0. The number of aliphatic hydroxyl groups is 1. The first-order valence-electron chi connectivity index (χ1n) is 5.75. The van der Waals surface area contributed by atoms with E-state index < -0.39 is 0 Å². The average molecular weight is 251 g/mol. The highest BCUT2D eigenvalue weighted by atomic mass is 35.5. The number of hydrogen-bond donors (Lipinski definition) is 2. The molecular weight excluding hydrogens is 228 g/mol.